The normalized spacial score (nSPS) is 11.8. The molecule has 680 valence electrons. The average Bonchev–Trinajstić information content (AvgIpc) is 1.55. The van der Waals surface area contributed by atoms with Crippen molar-refractivity contribution in [2.45, 2.75) is 0 Å². The molecule has 0 atom stereocenters. The molecule has 0 saturated carbocycles. The molecule has 0 bridgehead atoms. The highest BCUT2D eigenvalue weighted by atomic mass is 32.1. The van der Waals surface area contributed by atoms with Crippen LogP contribution in [0.25, 0.3) is 213 Å². The quantitative estimate of drug-likeness (QED) is 0.101. The molecule has 28 aromatic carbocycles. The Morgan fingerprint density at radius 2 is 0.315 bits per heavy atom. The van der Waals surface area contributed by atoms with Crippen LogP contribution in [0.5, 0.6) is 0 Å². The molecule has 0 radical (unpaired) electrons. The average molecular weight is 1890 g/mol. The van der Waals surface area contributed by atoms with Gasteiger partial charge in [0.05, 0.1) is 0 Å². The van der Waals surface area contributed by atoms with E-state index in [-0.39, 0.29) is 0 Å². The summed E-state index contributed by atoms with van der Waals surface area (Å²) in [4.78, 5) is 9.75. The summed E-state index contributed by atoms with van der Waals surface area (Å²) >= 11 is 3.81. The van der Waals surface area contributed by atoms with E-state index in [2.05, 4.69) is 553 Å². The Morgan fingerprint density at radius 3 is 0.637 bits per heavy atom. The molecule has 0 unspecified atom stereocenters. The second-order valence-electron chi connectivity index (χ2n) is 38.5. The molecule has 2 heterocycles. The zero-order valence-corrected chi connectivity index (χ0v) is 81.0. The molecule has 30 rings (SSSR count). The first-order valence-corrected chi connectivity index (χ1v) is 51.7. The van der Waals surface area contributed by atoms with Gasteiger partial charge in [-0.3, -0.25) is 0 Å². The summed E-state index contributed by atoms with van der Waals surface area (Å²) in [6.07, 6.45) is 0. The molecule has 0 aliphatic heterocycles. The second-order valence-corrected chi connectivity index (χ2v) is 40.6. The molecule has 30 aromatic rings. The van der Waals surface area contributed by atoms with E-state index in [0.29, 0.717) is 0 Å². The number of hydrogen-bond donors (Lipinski definition) is 0. The van der Waals surface area contributed by atoms with Crippen LogP contribution < -0.4 is 19.6 Å². The van der Waals surface area contributed by atoms with Crippen LogP contribution >= 0.6 is 22.7 Å². The summed E-state index contributed by atoms with van der Waals surface area (Å²) in [6, 6.07) is 197. The van der Waals surface area contributed by atoms with E-state index in [0.717, 1.165) is 68.2 Å². The predicted octanol–water partition coefficient (Wildman–Crippen LogP) is 41.5. The predicted molar refractivity (Wildman–Crippen MR) is 633 cm³/mol. The van der Waals surface area contributed by atoms with Crippen molar-refractivity contribution in [2.75, 3.05) is 19.6 Å². The third kappa shape index (κ3) is 14.4. The highest BCUT2D eigenvalue weighted by Gasteiger charge is 2.27. The summed E-state index contributed by atoms with van der Waals surface area (Å²) in [7, 11) is 0. The highest BCUT2D eigenvalue weighted by Crippen LogP contribution is 2.54. The zero-order chi connectivity index (χ0) is 96.0. The van der Waals surface area contributed by atoms with Crippen molar-refractivity contribution in [3.05, 3.63) is 534 Å². The van der Waals surface area contributed by atoms with Crippen molar-refractivity contribution in [3.8, 4) is 22.3 Å². The Balaban J connectivity index is 0.000000138. The van der Waals surface area contributed by atoms with Crippen LogP contribution in [-0.2, 0) is 0 Å². The molecule has 4 nitrogen and oxygen atoms in total. The number of benzene rings is 28. The number of fused-ring (bicyclic) bond motifs is 30. The summed E-state index contributed by atoms with van der Waals surface area (Å²) in [5.41, 5.74) is 18.2. The largest absolute Gasteiger partial charge is 0.310 e. The first-order valence-electron chi connectivity index (χ1n) is 50.1. The minimum atomic E-state index is 1.10. The van der Waals surface area contributed by atoms with Crippen molar-refractivity contribution in [1.82, 2.24) is 0 Å². The van der Waals surface area contributed by atoms with E-state index >= 15 is 0 Å². The van der Waals surface area contributed by atoms with Gasteiger partial charge in [-0.05, 0) is 308 Å². The maximum atomic E-state index is 2.44. The number of thiophene rings is 2. The van der Waals surface area contributed by atoms with Crippen molar-refractivity contribution in [1.29, 1.82) is 0 Å². The van der Waals surface area contributed by atoms with Gasteiger partial charge in [-0.2, -0.15) is 0 Å². The fourth-order valence-electron chi connectivity index (χ4n) is 23.2. The molecule has 0 spiro atoms. The summed E-state index contributed by atoms with van der Waals surface area (Å²) in [6.45, 7) is 0. The van der Waals surface area contributed by atoms with Crippen molar-refractivity contribution < 1.29 is 0 Å². The van der Waals surface area contributed by atoms with Gasteiger partial charge in [0.2, 0.25) is 0 Å². The second kappa shape index (κ2) is 34.7. The molecule has 0 fully saturated rings. The van der Waals surface area contributed by atoms with E-state index < -0.39 is 0 Å². The monoisotopic (exact) mass is 1890 g/mol. The van der Waals surface area contributed by atoms with Gasteiger partial charge in [0, 0.05) is 119 Å². The molecule has 0 N–H and O–H groups in total. The Hall–Kier alpha value is -18.6. The molecule has 0 amide bonds. The summed E-state index contributed by atoms with van der Waals surface area (Å²) in [5.74, 6) is 0. The number of rotatable bonds is 14. The van der Waals surface area contributed by atoms with Crippen LogP contribution in [0.3, 0.4) is 0 Å². The first kappa shape index (κ1) is 84.3. The Morgan fingerprint density at radius 1 is 0.110 bits per heavy atom. The fourth-order valence-corrected chi connectivity index (χ4v) is 25.8. The van der Waals surface area contributed by atoms with Crippen LogP contribution in [-0.4, -0.2) is 0 Å². The standard InChI is InChI=1S/C72H46N2S.C68H42N2S/c1-3-13-47(14-4-1)49-27-33-55(34-28-49)73(57-37-31-53-25-23-51-17-7-9-19-61(51)67(53)43-57)59-39-41-65-69(45-59)63-21-11-12-22-64(63)71-66-42-40-60(46-70(66)75-72(65)71)74(56-35-29-50(30-36-56)48-15-5-2-6-16-48)58-38-32-54-26-24-52-18-8-10-20-62(52)68(54)44-58;1-3-15-49-37-51(29-25-43(49)11-1)69(53-31-27-47-23-21-45-13-5-7-17-57(45)63(47)39-53)55-33-35-61-65(41-55)59-19-9-10-20-60(59)67-62-36-34-56(42-66(62)71-68(61)67)70(52-30-26-44-12-2-4-16-50(44)38-52)54-32-28-48-24-22-46-14-6-8-18-58(46)64(48)40-54/h1-46H;1-42H. The van der Waals surface area contributed by atoms with Crippen molar-refractivity contribution in [2.24, 2.45) is 0 Å². The summed E-state index contributed by atoms with van der Waals surface area (Å²) < 4.78 is 5.12. The molecular weight excluding hydrogens is 1800 g/mol. The van der Waals surface area contributed by atoms with E-state index in [4.69, 9.17) is 0 Å². The molecule has 146 heavy (non-hydrogen) atoms. The van der Waals surface area contributed by atoms with Crippen LogP contribution in [0.4, 0.5) is 68.2 Å². The zero-order valence-electron chi connectivity index (χ0n) is 79.4. The lowest BCUT2D eigenvalue weighted by atomic mass is 9.96. The minimum Gasteiger partial charge on any atom is -0.310 e. The van der Waals surface area contributed by atoms with Crippen LogP contribution in [0.1, 0.15) is 0 Å². The van der Waals surface area contributed by atoms with Gasteiger partial charge < -0.3 is 19.6 Å². The van der Waals surface area contributed by atoms with Crippen LogP contribution in [0, 0.1) is 0 Å². The molecule has 0 saturated heterocycles. The smallest absolute Gasteiger partial charge is 0.0476 e. The van der Waals surface area contributed by atoms with Crippen molar-refractivity contribution >= 4 is 282 Å². The fraction of sp³-hybridized carbons (Fsp3) is 0. The van der Waals surface area contributed by atoms with E-state index in [1.54, 1.807) is 0 Å². The first-order chi connectivity index (χ1) is 72.3. The van der Waals surface area contributed by atoms with E-state index in [9.17, 15) is 0 Å². The van der Waals surface area contributed by atoms with Crippen LogP contribution in [0.2, 0.25) is 0 Å². The van der Waals surface area contributed by atoms with E-state index in [1.165, 1.54) is 213 Å². The molecule has 0 aliphatic rings. The van der Waals surface area contributed by atoms with Gasteiger partial charge in [0.1, 0.15) is 0 Å². The molecular formula is C140H88N4S2. The number of anilines is 12. The maximum Gasteiger partial charge on any atom is 0.0476 e. The van der Waals surface area contributed by atoms with E-state index in [1.807, 2.05) is 22.7 Å². The number of nitrogens with zero attached hydrogens (tertiary/aromatic N) is 4. The van der Waals surface area contributed by atoms with Gasteiger partial charge in [-0.15, -0.1) is 22.7 Å². The topological polar surface area (TPSA) is 13.0 Å². The minimum absolute atomic E-state index is 1.10. The Labute approximate surface area is 851 Å². The van der Waals surface area contributed by atoms with Crippen LogP contribution in [0.15, 0.2) is 534 Å². The van der Waals surface area contributed by atoms with Crippen molar-refractivity contribution in [3.63, 3.8) is 0 Å². The maximum absolute atomic E-state index is 2.44. The Bertz CT molecular complexity index is 10600. The molecule has 0 aliphatic carbocycles. The SMILES string of the molecule is c1ccc(-c2ccc(N(c3ccc4c(c3)sc3c5ccc(N(c6ccc(-c7ccccc7)cc6)c6ccc7ccc8ccccc8c7c6)cc5c5ccccc5c43)c3ccc4ccc5ccccc5c4c3)cc2)cc1.c1ccc2cc(N(c3ccc4c(c3)sc3c5ccc(N(c6ccc7ccccc7c6)c6ccc7ccc8ccccc8c7c6)cc5c5ccccc5c43)c3ccc4ccc5ccccc5c4c3)ccc2c1. The lowest BCUT2D eigenvalue weighted by Gasteiger charge is -2.27. The molecule has 2 aromatic heterocycles. The summed E-state index contributed by atoms with van der Waals surface area (Å²) in [5, 5.41) is 40.0. The third-order valence-corrected chi connectivity index (χ3v) is 32.6. The van der Waals surface area contributed by atoms with Gasteiger partial charge in [-0.25, -0.2) is 0 Å². The van der Waals surface area contributed by atoms with Gasteiger partial charge in [0.15, 0.2) is 0 Å². The van der Waals surface area contributed by atoms with Gasteiger partial charge in [-0.1, -0.05) is 388 Å². The van der Waals surface area contributed by atoms with Gasteiger partial charge >= 0.3 is 0 Å². The molecule has 6 heteroatoms. The third-order valence-electron chi connectivity index (χ3n) is 30.3. The number of hydrogen-bond acceptors (Lipinski definition) is 6. The highest BCUT2D eigenvalue weighted by molar-refractivity contribution is 7.27. The lowest BCUT2D eigenvalue weighted by molar-refractivity contribution is 1.30. The van der Waals surface area contributed by atoms with Gasteiger partial charge in [0.25, 0.3) is 0 Å². The lowest BCUT2D eigenvalue weighted by Crippen LogP contribution is -2.10. The Kier molecular flexibility index (Phi) is 20.0.